The third-order valence-corrected chi connectivity index (χ3v) is 3.39. The van der Waals surface area contributed by atoms with Crippen LogP contribution in [0.4, 0.5) is 0 Å². The van der Waals surface area contributed by atoms with Crippen molar-refractivity contribution in [2.45, 2.75) is 5.44 Å². The van der Waals surface area contributed by atoms with Gasteiger partial charge in [-0.25, -0.2) is 0 Å². The molecule has 0 saturated carbocycles. The molecule has 0 amide bonds. The second-order valence-electron chi connectivity index (χ2n) is 3.55. The van der Waals surface area contributed by atoms with Crippen LogP contribution in [0.5, 0.6) is 5.75 Å². The van der Waals surface area contributed by atoms with E-state index in [-0.39, 0.29) is 5.44 Å². The van der Waals surface area contributed by atoms with Gasteiger partial charge >= 0.3 is 0 Å². The van der Waals surface area contributed by atoms with Gasteiger partial charge in [0, 0.05) is 10.6 Å². The predicted molar refractivity (Wildman–Crippen MR) is 74.8 cm³/mol. The first-order valence-corrected chi connectivity index (χ1v) is 6.96. The van der Waals surface area contributed by atoms with Crippen LogP contribution in [-0.4, -0.2) is 6.26 Å². The van der Waals surface area contributed by atoms with Gasteiger partial charge in [0.05, 0.1) is 0 Å². The van der Waals surface area contributed by atoms with Crippen LogP contribution in [-0.2, 0) is 0 Å². The normalized spacial score (nSPS) is 12.1. The largest absolute Gasteiger partial charge is 0.475 e. The topological polar surface area (TPSA) is 9.23 Å². The molecule has 1 unspecified atom stereocenters. The van der Waals surface area contributed by atoms with Crippen molar-refractivity contribution in [1.29, 1.82) is 0 Å². The smallest absolute Gasteiger partial charge is 0.169 e. The standard InChI is InChI=1S/C14H13ClOS/c1-17-14(11-5-3-2-4-6-11)16-13-9-7-12(15)8-10-13/h2-10,14H,1H3. The van der Waals surface area contributed by atoms with E-state index in [1.54, 1.807) is 11.8 Å². The van der Waals surface area contributed by atoms with Crippen molar-refractivity contribution >= 4 is 23.4 Å². The van der Waals surface area contributed by atoms with Gasteiger partial charge in [-0.2, -0.15) is 0 Å². The van der Waals surface area contributed by atoms with Crippen LogP contribution < -0.4 is 4.74 Å². The Morgan fingerprint density at radius 3 is 2.24 bits per heavy atom. The van der Waals surface area contributed by atoms with Crippen LogP contribution in [0, 0.1) is 0 Å². The van der Waals surface area contributed by atoms with E-state index < -0.39 is 0 Å². The number of hydrogen-bond acceptors (Lipinski definition) is 2. The summed E-state index contributed by atoms with van der Waals surface area (Å²) in [6.45, 7) is 0. The van der Waals surface area contributed by atoms with Gasteiger partial charge in [0.25, 0.3) is 0 Å². The lowest BCUT2D eigenvalue weighted by Gasteiger charge is -2.17. The summed E-state index contributed by atoms with van der Waals surface area (Å²) < 4.78 is 5.91. The van der Waals surface area contributed by atoms with Crippen molar-refractivity contribution in [3.05, 3.63) is 65.2 Å². The lowest BCUT2D eigenvalue weighted by molar-refractivity contribution is 0.295. The monoisotopic (exact) mass is 264 g/mol. The molecule has 2 aromatic rings. The highest BCUT2D eigenvalue weighted by atomic mass is 35.5. The minimum Gasteiger partial charge on any atom is -0.475 e. The quantitative estimate of drug-likeness (QED) is 0.735. The fourth-order valence-corrected chi connectivity index (χ4v) is 2.26. The highest BCUT2D eigenvalue weighted by Crippen LogP contribution is 2.30. The molecule has 88 valence electrons. The zero-order valence-electron chi connectivity index (χ0n) is 9.47. The van der Waals surface area contributed by atoms with E-state index >= 15 is 0 Å². The summed E-state index contributed by atoms with van der Waals surface area (Å²) >= 11 is 7.51. The van der Waals surface area contributed by atoms with Crippen molar-refractivity contribution in [3.63, 3.8) is 0 Å². The van der Waals surface area contributed by atoms with Crippen molar-refractivity contribution in [1.82, 2.24) is 0 Å². The molecule has 2 rings (SSSR count). The van der Waals surface area contributed by atoms with E-state index in [2.05, 4.69) is 12.1 Å². The number of halogens is 1. The van der Waals surface area contributed by atoms with E-state index in [1.165, 1.54) is 0 Å². The fourth-order valence-electron chi connectivity index (χ4n) is 1.50. The second-order valence-corrected chi connectivity index (χ2v) is 4.89. The summed E-state index contributed by atoms with van der Waals surface area (Å²) in [6.07, 6.45) is 2.04. The molecule has 0 aromatic heterocycles. The molecular formula is C14H13ClOS. The first-order chi connectivity index (χ1) is 8.29. The Morgan fingerprint density at radius 1 is 1.00 bits per heavy atom. The van der Waals surface area contributed by atoms with Crippen molar-refractivity contribution in [3.8, 4) is 5.75 Å². The molecule has 1 nitrogen and oxygen atoms in total. The number of thioether (sulfide) groups is 1. The maximum atomic E-state index is 5.91. The van der Waals surface area contributed by atoms with E-state index in [0.717, 1.165) is 16.3 Å². The van der Waals surface area contributed by atoms with Crippen LogP contribution in [0.25, 0.3) is 0 Å². The lowest BCUT2D eigenvalue weighted by Crippen LogP contribution is -2.02. The van der Waals surface area contributed by atoms with Crippen molar-refractivity contribution in [2.75, 3.05) is 6.26 Å². The molecule has 0 fully saturated rings. The molecule has 0 bridgehead atoms. The molecule has 0 N–H and O–H groups in total. The molecule has 3 heteroatoms. The molecule has 0 saturated heterocycles. The Kier molecular flexibility index (Phi) is 4.35. The summed E-state index contributed by atoms with van der Waals surface area (Å²) in [4.78, 5) is 0. The van der Waals surface area contributed by atoms with Crippen LogP contribution in [0.1, 0.15) is 11.0 Å². The molecule has 0 aliphatic heterocycles. The van der Waals surface area contributed by atoms with Crippen LogP contribution in [0.15, 0.2) is 54.6 Å². The van der Waals surface area contributed by atoms with E-state index in [4.69, 9.17) is 16.3 Å². The first-order valence-electron chi connectivity index (χ1n) is 5.29. The van der Waals surface area contributed by atoms with Crippen molar-refractivity contribution in [2.24, 2.45) is 0 Å². The molecule has 0 aliphatic carbocycles. The number of benzene rings is 2. The number of hydrogen-bond donors (Lipinski definition) is 0. The number of ether oxygens (including phenoxy) is 1. The van der Waals surface area contributed by atoms with Gasteiger partial charge in [0.15, 0.2) is 5.44 Å². The zero-order valence-corrected chi connectivity index (χ0v) is 11.0. The average molecular weight is 265 g/mol. The summed E-state index contributed by atoms with van der Waals surface area (Å²) in [6, 6.07) is 17.6. The predicted octanol–water partition coefficient (Wildman–Crippen LogP) is 4.78. The van der Waals surface area contributed by atoms with E-state index in [1.807, 2.05) is 48.7 Å². The van der Waals surface area contributed by atoms with Crippen LogP contribution in [0.3, 0.4) is 0 Å². The first kappa shape index (κ1) is 12.3. The highest BCUT2D eigenvalue weighted by Gasteiger charge is 2.10. The van der Waals surface area contributed by atoms with Gasteiger partial charge in [-0.3, -0.25) is 0 Å². The molecule has 0 spiro atoms. The van der Waals surface area contributed by atoms with Gasteiger partial charge in [-0.15, -0.1) is 11.8 Å². The number of rotatable bonds is 4. The van der Waals surface area contributed by atoms with E-state index in [9.17, 15) is 0 Å². The highest BCUT2D eigenvalue weighted by molar-refractivity contribution is 7.98. The summed E-state index contributed by atoms with van der Waals surface area (Å²) in [5.41, 5.74) is 1.17. The Labute approximate surface area is 111 Å². The fraction of sp³-hybridized carbons (Fsp3) is 0.143. The lowest BCUT2D eigenvalue weighted by atomic mass is 10.2. The average Bonchev–Trinajstić information content (AvgIpc) is 2.39. The molecule has 17 heavy (non-hydrogen) atoms. The van der Waals surface area contributed by atoms with Crippen LogP contribution >= 0.6 is 23.4 Å². The minimum absolute atomic E-state index is 0.0115. The summed E-state index contributed by atoms with van der Waals surface area (Å²) in [5, 5.41) is 0.720. The van der Waals surface area contributed by atoms with Gasteiger partial charge in [-0.1, -0.05) is 41.9 Å². The Balaban J connectivity index is 2.13. The molecule has 1 atom stereocenters. The van der Waals surface area contributed by atoms with Gasteiger partial charge in [-0.05, 0) is 30.5 Å². The molecule has 0 heterocycles. The van der Waals surface area contributed by atoms with Gasteiger partial charge < -0.3 is 4.74 Å². The van der Waals surface area contributed by atoms with Crippen molar-refractivity contribution < 1.29 is 4.74 Å². The Bertz CT molecular complexity index is 455. The maximum absolute atomic E-state index is 5.91. The van der Waals surface area contributed by atoms with Gasteiger partial charge in [0.2, 0.25) is 0 Å². The van der Waals surface area contributed by atoms with Gasteiger partial charge in [0.1, 0.15) is 5.75 Å². The van der Waals surface area contributed by atoms with E-state index in [0.29, 0.717) is 0 Å². The molecular weight excluding hydrogens is 252 g/mol. The summed E-state index contributed by atoms with van der Waals surface area (Å²) in [5.74, 6) is 0.831. The third-order valence-electron chi connectivity index (χ3n) is 2.34. The molecule has 2 aromatic carbocycles. The Hall–Kier alpha value is -1.12. The Morgan fingerprint density at radius 2 is 1.65 bits per heavy atom. The second kappa shape index (κ2) is 5.99. The van der Waals surface area contributed by atoms with Crippen LogP contribution in [0.2, 0.25) is 5.02 Å². The third kappa shape index (κ3) is 3.42. The maximum Gasteiger partial charge on any atom is 0.169 e. The minimum atomic E-state index is 0.0115. The zero-order chi connectivity index (χ0) is 12.1. The molecule has 0 radical (unpaired) electrons. The SMILES string of the molecule is CSC(Oc1ccc(Cl)cc1)c1ccccc1. The molecule has 0 aliphatic rings. The summed E-state index contributed by atoms with van der Waals surface area (Å²) in [7, 11) is 0.